The van der Waals surface area contributed by atoms with Crippen molar-refractivity contribution in [2.75, 3.05) is 26.2 Å². The van der Waals surface area contributed by atoms with Gasteiger partial charge in [-0.15, -0.1) is 11.3 Å². The molecule has 1 aliphatic heterocycles. The van der Waals surface area contributed by atoms with E-state index in [2.05, 4.69) is 28.1 Å². The van der Waals surface area contributed by atoms with Crippen molar-refractivity contribution in [3.8, 4) is 0 Å². The summed E-state index contributed by atoms with van der Waals surface area (Å²) in [5.74, 6) is -0.314. The number of nitrogens with zero attached hydrogens (tertiary/aromatic N) is 1. The summed E-state index contributed by atoms with van der Waals surface area (Å²) < 4.78 is 14.1. The molecule has 1 aromatic carbocycles. The molecule has 22 heavy (non-hydrogen) atoms. The number of nitrogens with one attached hydrogen (secondary N) is 1. The van der Waals surface area contributed by atoms with Crippen LogP contribution in [0.4, 0.5) is 4.39 Å². The molecule has 0 saturated carbocycles. The minimum Gasteiger partial charge on any atom is -0.328 e. The summed E-state index contributed by atoms with van der Waals surface area (Å²) >= 11 is 5.25. The van der Waals surface area contributed by atoms with Crippen molar-refractivity contribution in [2.45, 2.75) is 6.54 Å². The molecule has 0 radical (unpaired) electrons. The molecular weight excluding hydrogens is 367 g/mol. The summed E-state index contributed by atoms with van der Waals surface area (Å²) in [5.41, 5.74) is 0.562. The van der Waals surface area contributed by atoms with Gasteiger partial charge < -0.3 is 9.80 Å². The maximum Gasteiger partial charge on any atom is 0.254 e. The van der Waals surface area contributed by atoms with Crippen molar-refractivity contribution in [3.05, 3.63) is 56.4 Å². The van der Waals surface area contributed by atoms with Crippen LogP contribution >= 0.6 is 27.3 Å². The number of benzene rings is 1. The van der Waals surface area contributed by atoms with E-state index in [1.165, 1.54) is 21.9 Å². The van der Waals surface area contributed by atoms with Gasteiger partial charge in [0.15, 0.2) is 0 Å². The number of quaternary nitrogens is 1. The van der Waals surface area contributed by atoms with E-state index in [9.17, 15) is 9.18 Å². The molecule has 0 spiro atoms. The molecule has 2 heterocycles. The van der Waals surface area contributed by atoms with Gasteiger partial charge in [-0.05, 0) is 52.3 Å². The smallest absolute Gasteiger partial charge is 0.254 e. The van der Waals surface area contributed by atoms with Crippen LogP contribution in [0.2, 0.25) is 0 Å². The fraction of sp³-hybridized carbons (Fsp3) is 0.312. The van der Waals surface area contributed by atoms with Crippen molar-refractivity contribution < 1.29 is 14.1 Å². The zero-order valence-electron chi connectivity index (χ0n) is 12.0. The highest BCUT2D eigenvalue weighted by Gasteiger charge is 2.24. The van der Waals surface area contributed by atoms with Crippen LogP contribution in [0.15, 0.2) is 40.2 Å². The van der Waals surface area contributed by atoms with Crippen molar-refractivity contribution in [1.82, 2.24) is 4.90 Å². The van der Waals surface area contributed by atoms with E-state index in [0.29, 0.717) is 5.56 Å². The lowest BCUT2D eigenvalue weighted by Crippen LogP contribution is -3.13. The lowest BCUT2D eigenvalue weighted by Gasteiger charge is -2.32. The van der Waals surface area contributed by atoms with Gasteiger partial charge in [-0.2, -0.15) is 0 Å². The summed E-state index contributed by atoms with van der Waals surface area (Å²) in [6, 6.07) is 10.0. The quantitative estimate of drug-likeness (QED) is 0.863. The maximum atomic E-state index is 12.9. The number of thiophene rings is 1. The molecule has 0 unspecified atom stereocenters. The molecule has 1 N–H and O–H groups in total. The number of amides is 1. The van der Waals surface area contributed by atoms with Gasteiger partial charge in [0.25, 0.3) is 5.91 Å². The maximum absolute atomic E-state index is 12.9. The number of halogens is 2. The Morgan fingerprint density at radius 3 is 2.45 bits per heavy atom. The molecule has 1 saturated heterocycles. The SMILES string of the molecule is O=C(c1ccc(F)cc1)N1CC[NH+](Cc2ccc(Br)s2)CC1. The lowest BCUT2D eigenvalue weighted by molar-refractivity contribution is -0.917. The van der Waals surface area contributed by atoms with E-state index < -0.39 is 0 Å². The third-order valence-corrected chi connectivity index (χ3v) is 5.53. The van der Waals surface area contributed by atoms with Gasteiger partial charge in [0.1, 0.15) is 12.4 Å². The highest BCUT2D eigenvalue weighted by molar-refractivity contribution is 9.11. The highest BCUT2D eigenvalue weighted by Crippen LogP contribution is 2.21. The van der Waals surface area contributed by atoms with Crippen molar-refractivity contribution in [3.63, 3.8) is 0 Å². The summed E-state index contributed by atoms with van der Waals surface area (Å²) in [7, 11) is 0. The van der Waals surface area contributed by atoms with Gasteiger partial charge in [-0.1, -0.05) is 0 Å². The molecule has 1 amide bonds. The zero-order chi connectivity index (χ0) is 15.5. The third kappa shape index (κ3) is 3.74. The highest BCUT2D eigenvalue weighted by atomic mass is 79.9. The predicted molar refractivity (Wildman–Crippen MR) is 88.7 cm³/mol. The Bertz CT molecular complexity index is 650. The minimum atomic E-state index is -0.312. The monoisotopic (exact) mass is 383 g/mol. The summed E-state index contributed by atoms with van der Waals surface area (Å²) in [5, 5.41) is 0. The average Bonchev–Trinajstić information content (AvgIpc) is 2.93. The Morgan fingerprint density at radius 2 is 1.86 bits per heavy atom. The van der Waals surface area contributed by atoms with Gasteiger partial charge in [0.2, 0.25) is 0 Å². The average molecular weight is 384 g/mol. The second-order valence-corrected chi connectivity index (χ2v) is 7.98. The van der Waals surface area contributed by atoms with Crippen molar-refractivity contribution in [2.24, 2.45) is 0 Å². The van der Waals surface area contributed by atoms with E-state index in [0.717, 1.165) is 36.5 Å². The van der Waals surface area contributed by atoms with Crippen LogP contribution in [0.5, 0.6) is 0 Å². The molecule has 3 rings (SSSR count). The van der Waals surface area contributed by atoms with Crippen molar-refractivity contribution in [1.29, 1.82) is 0 Å². The molecule has 3 nitrogen and oxygen atoms in total. The summed E-state index contributed by atoms with van der Waals surface area (Å²) in [6.07, 6.45) is 0. The first kappa shape index (κ1) is 15.6. The van der Waals surface area contributed by atoms with Crippen LogP contribution in [-0.4, -0.2) is 37.0 Å². The molecule has 116 valence electrons. The first-order valence-electron chi connectivity index (χ1n) is 7.24. The topological polar surface area (TPSA) is 24.8 Å². The second-order valence-electron chi connectivity index (χ2n) is 5.43. The standard InChI is InChI=1S/C16H16BrFN2OS/c17-15-6-5-14(22-15)11-19-7-9-20(10-8-19)16(21)12-1-3-13(18)4-2-12/h1-6H,7-11H2/p+1. The number of hydrogen-bond acceptors (Lipinski definition) is 2. The molecule has 0 atom stereocenters. The van der Waals surface area contributed by atoms with Gasteiger partial charge in [-0.3, -0.25) is 4.79 Å². The van der Waals surface area contributed by atoms with Gasteiger partial charge in [-0.25, -0.2) is 4.39 Å². The number of piperazine rings is 1. The minimum absolute atomic E-state index is 0.00193. The largest absolute Gasteiger partial charge is 0.328 e. The molecular formula is C16H17BrFN2OS+. The molecule has 1 aromatic heterocycles. The Balaban J connectivity index is 1.55. The number of carbonyl (C=O) groups is 1. The van der Waals surface area contributed by atoms with Gasteiger partial charge in [0, 0.05) is 5.56 Å². The third-order valence-electron chi connectivity index (χ3n) is 3.90. The van der Waals surface area contributed by atoms with Crippen LogP contribution in [0.25, 0.3) is 0 Å². The van der Waals surface area contributed by atoms with Gasteiger partial charge >= 0.3 is 0 Å². The van der Waals surface area contributed by atoms with Crippen LogP contribution in [-0.2, 0) is 6.54 Å². The Labute approximate surface area is 141 Å². The number of carbonyl (C=O) groups excluding carboxylic acids is 1. The Hall–Kier alpha value is -1.24. The van der Waals surface area contributed by atoms with Gasteiger partial charge in [0.05, 0.1) is 34.8 Å². The number of rotatable bonds is 3. The molecule has 0 bridgehead atoms. The molecule has 2 aromatic rings. The van der Waals surface area contributed by atoms with E-state index >= 15 is 0 Å². The lowest BCUT2D eigenvalue weighted by atomic mass is 10.2. The van der Waals surface area contributed by atoms with Crippen LogP contribution in [0.1, 0.15) is 15.2 Å². The molecule has 1 aliphatic rings. The predicted octanol–water partition coefficient (Wildman–Crippen LogP) is 2.19. The molecule has 0 aliphatic carbocycles. The number of hydrogen-bond donors (Lipinski definition) is 1. The summed E-state index contributed by atoms with van der Waals surface area (Å²) in [4.78, 5) is 17.1. The van der Waals surface area contributed by atoms with Crippen molar-refractivity contribution >= 4 is 33.2 Å². The summed E-state index contributed by atoms with van der Waals surface area (Å²) in [6.45, 7) is 4.40. The normalized spacial score (nSPS) is 16.0. The van der Waals surface area contributed by atoms with E-state index in [1.54, 1.807) is 23.5 Å². The fourth-order valence-electron chi connectivity index (χ4n) is 2.67. The first-order chi connectivity index (χ1) is 10.6. The Kier molecular flexibility index (Phi) is 4.90. The van der Waals surface area contributed by atoms with Crippen LogP contribution in [0.3, 0.4) is 0 Å². The molecule has 6 heteroatoms. The van der Waals surface area contributed by atoms with E-state index in [4.69, 9.17) is 0 Å². The van der Waals surface area contributed by atoms with E-state index in [-0.39, 0.29) is 11.7 Å². The first-order valence-corrected chi connectivity index (χ1v) is 8.85. The fourth-order valence-corrected chi connectivity index (χ4v) is 4.23. The Morgan fingerprint density at radius 1 is 1.18 bits per heavy atom. The van der Waals surface area contributed by atoms with Crippen LogP contribution in [0, 0.1) is 5.82 Å². The second kappa shape index (κ2) is 6.89. The zero-order valence-corrected chi connectivity index (χ0v) is 14.4. The molecule has 1 fully saturated rings. The van der Waals surface area contributed by atoms with Crippen LogP contribution < -0.4 is 4.90 Å². The van der Waals surface area contributed by atoms with E-state index in [1.807, 2.05) is 4.90 Å².